The Morgan fingerprint density at radius 1 is 1.03 bits per heavy atom. The molecule has 0 radical (unpaired) electrons. The summed E-state index contributed by atoms with van der Waals surface area (Å²) >= 11 is 0. The molecule has 2 N–H and O–H groups in total. The van der Waals surface area contributed by atoms with Crippen molar-refractivity contribution in [3.05, 3.63) is 71.4 Å². The lowest BCUT2D eigenvalue weighted by Crippen LogP contribution is -2.45. The van der Waals surface area contributed by atoms with Gasteiger partial charge < -0.3 is 15.2 Å². The van der Waals surface area contributed by atoms with Crippen molar-refractivity contribution in [2.24, 2.45) is 0 Å². The molecule has 2 heterocycles. The average molecular weight is 418 g/mol. The fraction of sp³-hybridized carbons (Fsp3) is 0.385. The number of fused-ring (bicyclic) bond motifs is 3. The number of carbonyl (C=O) groups is 2. The van der Waals surface area contributed by atoms with E-state index in [1.165, 1.54) is 10.9 Å². The lowest BCUT2D eigenvalue weighted by molar-refractivity contribution is -0.134. The lowest BCUT2D eigenvalue weighted by atomic mass is 9.92. The second kappa shape index (κ2) is 9.82. The number of para-hydroxylation sites is 1. The van der Waals surface area contributed by atoms with Crippen LogP contribution in [0.25, 0.3) is 10.9 Å². The minimum atomic E-state index is -0.175. The first-order valence-corrected chi connectivity index (χ1v) is 11.4. The molecule has 1 unspecified atom stereocenters. The fourth-order valence-electron chi connectivity index (χ4n) is 4.57. The summed E-state index contributed by atoms with van der Waals surface area (Å²) in [6.45, 7) is 2.84. The van der Waals surface area contributed by atoms with Gasteiger partial charge in [0.05, 0.1) is 12.6 Å². The highest BCUT2D eigenvalue weighted by molar-refractivity contribution is 5.88. The highest BCUT2D eigenvalue weighted by Crippen LogP contribution is 2.38. The van der Waals surface area contributed by atoms with E-state index in [9.17, 15) is 9.59 Å². The predicted octanol–water partition coefficient (Wildman–Crippen LogP) is 4.73. The number of H-pyrrole nitrogens is 1. The van der Waals surface area contributed by atoms with Crippen molar-refractivity contribution < 1.29 is 9.59 Å². The van der Waals surface area contributed by atoms with Crippen molar-refractivity contribution in [2.45, 2.75) is 51.5 Å². The average Bonchev–Trinajstić information content (AvgIpc) is 3.19. The molecule has 0 fully saturated rings. The number of amides is 2. The van der Waals surface area contributed by atoms with Crippen molar-refractivity contribution in [1.29, 1.82) is 0 Å². The Kier molecular flexibility index (Phi) is 6.70. The number of nitrogens with one attached hydrogen (secondary N) is 2. The van der Waals surface area contributed by atoms with E-state index in [0.29, 0.717) is 13.0 Å². The third kappa shape index (κ3) is 4.66. The molecule has 0 saturated heterocycles. The van der Waals surface area contributed by atoms with Gasteiger partial charge in [-0.05, 0) is 30.0 Å². The molecule has 1 aromatic heterocycles. The zero-order chi connectivity index (χ0) is 21.6. The summed E-state index contributed by atoms with van der Waals surface area (Å²) in [6, 6.07) is 18.3. The number of benzene rings is 2. The van der Waals surface area contributed by atoms with Crippen LogP contribution in [0, 0.1) is 0 Å². The zero-order valence-electron chi connectivity index (χ0n) is 18.2. The molecular weight excluding hydrogens is 386 g/mol. The molecule has 3 aromatic rings. The topological polar surface area (TPSA) is 65.2 Å². The van der Waals surface area contributed by atoms with Crippen LogP contribution in [0.4, 0.5) is 0 Å². The number of nitrogens with zero attached hydrogens (tertiary/aromatic N) is 1. The van der Waals surface area contributed by atoms with Crippen LogP contribution in [0.3, 0.4) is 0 Å². The largest absolute Gasteiger partial charge is 0.356 e. The van der Waals surface area contributed by atoms with E-state index in [1.54, 1.807) is 0 Å². The molecule has 4 rings (SSSR count). The Morgan fingerprint density at radius 2 is 1.81 bits per heavy atom. The number of unbranched alkanes of at least 4 members (excludes halogenated alkanes) is 3. The highest BCUT2D eigenvalue weighted by Gasteiger charge is 2.34. The molecule has 2 aromatic carbocycles. The predicted molar refractivity (Wildman–Crippen MR) is 124 cm³/mol. The van der Waals surface area contributed by atoms with Gasteiger partial charge in [0.2, 0.25) is 11.8 Å². The second-order valence-corrected chi connectivity index (χ2v) is 8.30. The van der Waals surface area contributed by atoms with E-state index in [4.69, 9.17) is 0 Å². The normalized spacial score (nSPS) is 15.6. The van der Waals surface area contributed by atoms with E-state index in [2.05, 4.69) is 47.6 Å². The maximum Gasteiger partial charge on any atom is 0.242 e. The Labute approximate surface area is 183 Å². The van der Waals surface area contributed by atoms with Crippen LogP contribution in [0.1, 0.15) is 61.9 Å². The summed E-state index contributed by atoms with van der Waals surface area (Å²) in [5.41, 5.74) is 4.55. The third-order valence-electron chi connectivity index (χ3n) is 6.16. The molecule has 2 amide bonds. The van der Waals surface area contributed by atoms with E-state index >= 15 is 0 Å². The molecule has 1 atom stereocenters. The number of carbonyl (C=O) groups excluding carboxylic acids is 2. The van der Waals surface area contributed by atoms with E-state index in [0.717, 1.165) is 48.9 Å². The van der Waals surface area contributed by atoms with Crippen molar-refractivity contribution in [3.63, 3.8) is 0 Å². The van der Waals surface area contributed by atoms with Gasteiger partial charge in [-0.15, -0.1) is 0 Å². The SMILES string of the molecule is CCCCCCC(=O)NCC(=O)N1CCc2c([nH]c3ccccc23)C1c1ccccc1. The van der Waals surface area contributed by atoms with Crippen molar-refractivity contribution in [1.82, 2.24) is 15.2 Å². The molecule has 0 bridgehead atoms. The van der Waals surface area contributed by atoms with Crippen LogP contribution in [0.2, 0.25) is 0 Å². The number of hydrogen-bond acceptors (Lipinski definition) is 2. The number of aromatic amines is 1. The van der Waals surface area contributed by atoms with Gasteiger partial charge in [0.1, 0.15) is 0 Å². The molecule has 5 nitrogen and oxygen atoms in total. The summed E-state index contributed by atoms with van der Waals surface area (Å²) < 4.78 is 0. The lowest BCUT2D eigenvalue weighted by Gasteiger charge is -2.36. The summed E-state index contributed by atoms with van der Waals surface area (Å²) in [4.78, 5) is 30.8. The van der Waals surface area contributed by atoms with Crippen molar-refractivity contribution >= 4 is 22.7 Å². The van der Waals surface area contributed by atoms with E-state index < -0.39 is 0 Å². The molecule has 31 heavy (non-hydrogen) atoms. The highest BCUT2D eigenvalue weighted by atomic mass is 16.2. The fourth-order valence-corrected chi connectivity index (χ4v) is 4.57. The Bertz CT molecular complexity index is 1040. The molecule has 162 valence electrons. The van der Waals surface area contributed by atoms with Crippen LogP contribution < -0.4 is 5.32 Å². The van der Waals surface area contributed by atoms with Crippen LogP contribution >= 0.6 is 0 Å². The van der Waals surface area contributed by atoms with Gasteiger partial charge in [-0.1, -0.05) is 74.7 Å². The van der Waals surface area contributed by atoms with Crippen molar-refractivity contribution in [2.75, 3.05) is 13.1 Å². The van der Waals surface area contributed by atoms with Gasteiger partial charge >= 0.3 is 0 Å². The monoisotopic (exact) mass is 417 g/mol. The molecular formula is C26H31N3O2. The molecule has 0 aliphatic carbocycles. The summed E-state index contributed by atoms with van der Waals surface area (Å²) in [6.07, 6.45) is 5.52. The number of hydrogen-bond donors (Lipinski definition) is 2. The Balaban J connectivity index is 1.53. The first-order valence-electron chi connectivity index (χ1n) is 11.4. The number of rotatable bonds is 8. The summed E-state index contributed by atoms with van der Waals surface area (Å²) in [7, 11) is 0. The van der Waals surface area contributed by atoms with Gasteiger partial charge in [-0.3, -0.25) is 9.59 Å². The maximum atomic E-state index is 13.2. The van der Waals surface area contributed by atoms with Crippen LogP contribution in [-0.2, 0) is 16.0 Å². The quantitative estimate of drug-likeness (QED) is 0.521. The number of aromatic nitrogens is 1. The molecule has 5 heteroatoms. The maximum absolute atomic E-state index is 13.2. The zero-order valence-corrected chi connectivity index (χ0v) is 18.2. The van der Waals surface area contributed by atoms with E-state index in [-0.39, 0.29) is 24.4 Å². The van der Waals surface area contributed by atoms with Gasteiger partial charge in [-0.25, -0.2) is 0 Å². The second-order valence-electron chi connectivity index (χ2n) is 8.30. The van der Waals surface area contributed by atoms with Gasteiger partial charge in [0, 0.05) is 29.6 Å². The van der Waals surface area contributed by atoms with Crippen LogP contribution in [0.5, 0.6) is 0 Å². The third-order valence-corrected chi connectivity index (χ3v) is 6.16. The summed E-state index contributed by atoms with van der Waals surface area (Å²) in [5, 5.41) is 4.07. The first kappa shape index (κ1) is 21.2. The standard InChI is InChI=1S/C26H31N3O2/c1-2-3-4-8-15-23(30)27-18-24(31)29-17-16-21-20-13-9-10-14-22(20)28-25(21)26(29)19-11-6-5-7-12-19/h5-7,9-14,26,28H,2-4,8,15-18H2,1H3,(H,27,30). The van der Waals surface area contributed by atoms with Gasteiger partial charge in [-0.2, -0.15) is 0 Å². The van der Waals surface area contributed by atoms with Crippen LogP contribution in [-0.4, -0.2) is 34.8 Å². The van der Waals surface area contributed by atoms with Crippen molar-refractivity contribution in [3.8, 4) is 0 Å². The van der Waals surface area contributed by atoms with Crippen LogP contribution in [0.15, 0.2) is 54.6 Å². The molecule has 0 spiro atoms. The van der Waals surface area contributed by atoms with Gasteiger partial charge in [0.25, 0.3) is 0 Å². The molecule has 1 aliphatic rings. The summed E-state index contributed by atoms with van der Waals surface area (Å²) in [5.74, 6) is -0.0795. The minimum Gasteiger partial charge on any atom is -0.356 e. The first-order chi connectivity index (χ1) is 15.2. The Hall–Kier alpha value is -3.08. The van der Waals surface area contributed by atoms with E-state index in [1.807, 2.05) is 29.2 Å². The minimum absolute atomic E-state index is 0.0379. The molecule has 0 saturated carbocycles. The smallest absolute Gasteiger partial charge is 0.242 e. The molecule has 1 aliphatic heterocycles. The van der Waals surface area contributed by atoms with Gasteiger partial charge in [0.15, 0.2) is 0 Å². The Morgan fingerprint density at radius 3 is 2.61 bits per heavy atom.